The second kappa shape index (κ2) is 7.53. The summed E-state index contributed by atoms with van der Waals surface area (Å²) in [7, 11) is 1.94. The van der Waals surface area contributed by atoms with Gasteiger partial charge in [0.25, 0.3) is 0 Å². The minimum Gasteiger partial charge on any atom is -0.467 e. The van der Waals surface area contributed by atoms with E-state index in [1.807, 2.05) is 24.9 Å². The van der Waals surface area contributed by atoms with E-state index in [4.69, 9.17) is 4.42 Å². The number of aliphatic hydroxyl groups excluding tert-OH is 1. The number of aliphatic hydroxyl groups is 1. The molecule has 3 rings (SSSR count). The largest absolute Gasteiger partial charge is 0.467 e. The number of aliphatic imine (C=N–C) groups is 1. The second-order valence-corrected chi connectivity index (χ2v) is 6.10. The standard InChI is InChI=1S/C17H25N5O2/c1-3-18-17(19-10-15(23)16-5-4-8-24-16)22-7-6-13(12-22)14-9-20-21(2)11-14/h4-5,8-9,11,13,15,23H,3,6-7,10,12H2,1-2H3,(H,18,19). The number of likely N-dealkylation sites (tertiary alicyclic amines) is 1. The maximum absolute atomic E-state index is 10.1. The smallest absolute Gasteiger partial charge is 0.194 e. The van der Waals surface area contributed by atoms with Crippen molar-refractivity contribution >= 4 is 5.96 Å². The predicted octanol–water partition coefficient (Wildman–Crippen LogP) is 1.50. The first-order chi connectivity index (χ1) is 11.7. The quantitative estimate of drug-likeness (QED) is 0.641. The lowest BCUT2D eigenvalue weighted by atomic mass is 10.0. The number of hydrogen-bond donors (Lipinski definition) is 2. The highest BCUT2D eigenvalue weighted by atomic mass is 16.4. The molecule has 0 saturated carbocycles. The van der Waals surface area contributed by atoms with Gasteiger partial charge in [0.1, 0.15) is 11.9 Å². The highest BCUT2D eigenvalue weighted by Gasteiger charge is 2.27. The van der Waals surface area contributed by atoms with E-state index in [0.717, 1.165) is 32.0 Å². The van der Waals surface area contributed by atoms with Gasteiger partial charge < -0.3 is 19.7 Å². The molecule has 3 heterocycles. The molecule has 130 valence electrons. The van der Waals surface area contributed by atoms with E-state index in [2.05, 4.69) is 26.5 Å². The number of nitrogens with one attached hydrogen (secondary N) is 1. The van der Waals surface area contributed by atoms with Crippen LogP contribution in [0.1, 0.15) is 36.7 Å². The van der Waals surface area contributed by atoms with Crippen molar-refractivity contribution in [1.29, 1.82) is 0 Å². The van der Waals surface area contributed by atoms with Crippen molar-refractivity contribution in [2.24, 2.45) is 12.0 Å². The van der Waals surface area contributed by atoms with Crippen LogP contribution >= 0.6 is 0 Å². The molecule has 2 unspecified atom stereocenters. The summed E-state index contributed by atoms with van der Waals surface area (Å²) < 4.78 is 7.07. The van der Waals surface area contributed by atoms with Crippen LogP contribution in [0.5, 0.6) is 0 Å². The van der Waals surface area contributed by atoms with E-state index >= 15 is 0 Å². The zero-order chi connectivity index (χ0) is 16.9. The number of rotatable bonds is 5. The van der Waals surface area contributed by atoms with Gasteiger partial charge in [-0.3, -0.25) is 4.68 Å². The number of guanidine groups is 1. The molecule has 1 saturated heterocycles. The van der Waals surface area contributed by atoms with Gasteiger partial charge in [0.05, 0.1) is 19.0 Å². The Balaban J connectivity index is 1.64. The normalized spacial score (nSPS) is 19.7. The molecule has 0 aliphatic carbocycles. The number of nitrogens with zero attached hydrogens (tertiary/aromatic N) is 4. The van der Waals surface area contributed by atoms with Crippen LogP contribution in [0.3, 0.4) is 0 Å². The molecule has 1 fully saturated rings. The zero-order valence-corrected chi connectivity index (χ0v) is 14.2. The molecule has 7 nitrogen and oxygen atoms in total. The summed E-state index contributed by atoms with van der Waals surface area (Å²) in [6.45, 7) is 4.98. The molecule has 0 aromatic carbocycles. The van der Waals surface area contributed by atoms with Crippen LogP contribution in [0.4, 0.5) is 0 Å². The molecule has 0 spiro atoms. The fraction of sp³-hybridized carbons (Fsp3) is 0.529. The van der Waals surface area contributed by atoms with Gasteiger partial charge in [-0.1, -0.05) is 0 Å². The molecule has 2 N–H and O–H groups in total. The monoisotopic (exact) mass is 331 g/mol. The van der Waals surface area contributed by atoms with Gasteiger partial charge in [-0.25, -0.2) is 4.99 Å². The first-order valence-electron chi connectivity index (χ1n) is 8.40. The molecule has 0 bridgehead atoms. The highest BCUT2D eigenvalue weighted by molar-refractivity contribution is 5.80. The SMILES string of the molecule is CCNC(=NCC(O)c1ccco1)N1CCC(c2cnn(C)c2)C1. The lowest BCUT2D eigenvalue weighted by molar-refractivity contribution is 0.158. The minimum atomic E-state index is -0.717. The third kappa shape index (κ3) is 3.79. The van der Waals surface area contributed by atoms with E-state index in [1.165, 1.54) is 5.56 Å². The minimum absolute atomic E-state index is 0.282. The average molecular weight is 331 g/mol. The summed E-state index contributed by atoms with van der Waals surface area (Å²) >= 11 is 0. The fourth-order valence-corrected chi connectivity index (χ4v) is 3.05. The van der Waals surface area contributed by atoms with Gasteiger partial charge in [0.2, 0.25) is 0 Å². The molecular formula is C17H25N5O2. The number of aromatic nitrogens is 2. The third-order valence-electron chi connectivity index (χ3n) is 4.30. The first kappa shape index (κ1) is 16.6. The van der Waals surface area contributed by atoms with Gasteiger partial charge in [-0.2, -0.15) is 5.10 Å². The lowest BCUT2D eigenvalue weighted by Gasteiger charge is -2.22. The van der Waals surface area contributed by atoms with E-state index in [9.17, 15) is 5.11 Å². The average Bonchev–Trinajstić information content (AvgIpc) is 3.30. The molecule has 0 amide bonds. The van der Waals surface area contributed by atoms with Crippen molar-refractivity contribution in [2.45, 2.75) is 25.4 Å². The van der Waals surface area contributed by atoms with E-state index in [1.54, 1.807) is 18.4 Å². The summed E-state index contributed by atoms with van der Waals surface area (Å²) in [6, 6.07) is 3.54. The van der Waals surface area contributed by atoms with Crippen molar-refractivity contribution in [3.63, 3.8) is 0 Å². The van der Waals surface area contributed by atoms with Gasteiger partial charge in [0.15, 0.2) is 5.96 Å². The van der Waals surface area contributed by atoms with E-state index in [-0.39, 0.29) is 6.54 Å². The van der Waals surface area contributed by atoms with Crippen LogP contribution in [0.25, 0.3) is 0 Å². The van der Waals surface area contributed by atoms with Crippen LogP contribution in [0, 0.1) is 0 Å². The number of furan rings is 1. The highest BCUT2D eigenvalue weighted by Crippen LogP contribution is 2.26. The maximum atomic E-state index is 10.1. The first-order valence-corrected chi connectivity index (χ1v) is 8.40. The summed E-state index contributed by atoms with van der Waals surface area (Å²) in [4.78, 5) is 6.83. The van der Waals surface area contributed by atoms with Gasteiger partial charge in [-0.05, 0) is 31.0 Å². The Kier molecular flexibility index (Phi) is 5.20. The third-order valence-corrected chi connectivity index (χ3v) is 4.30. The van der Waals surface area contributed by atoms with Crippen LogP contribution < -0.4 is 5.32 Å². The van der Waals surface area contributed by atoms with Gasteiger partial charge in [0, 0.05) is 38.8 Å². The van der Waals surface area contributed by atoms with Crippen LogP contribution in [-0.4, -0.2) is 51.9 Å². The van der Waals surface area contributed by atoms with Crippen molar-refractivity contribution in [3.8, 4) is 0 Å². The molecular weight excluding hydrogens is 306 g/mol. The predicted molar refractivity (Wildman–Crippen MR) is 91.8 cm³/mol. The Bertz CT molecular complexity index is 664. The topological polar surface area (TPSA) is 78.8 Å². The molecule has 7 heteroatoms. The van der Waals surface area contributed by atoms with Gasteiger partial charge in [-0.15, -0.1) is 0 Å². The molecule has 0 radical (unpaired) electrons. The Hall–Kier alpha value is -2.28. The molecule has 2 atom stereocenters. The zero-order valence-electron chi connectivity index (χ0n) is 14.2. The lowest BCUT2D eigenvalue weighted by Crippen LogP contribution is -2.40. The molecule has 1 aliphatic heterocycles. The van der Waals surface area contributed by atoms with Crippen LogP contribution in [0.15, 0.2) is 40.2 Å². The Morgan fingerprint density at radius 2 is 2.46 bits per heavy atom. The van der Waals surface area contributed by atoms with Crippen molar-refractivity contribution in [2.75, 3.05) is 26.2 Å². The summed E-state index contributed by atoms with van der Waals surface area (Å²) in [5, 5.41) is 17.7. The van der Waals surface area contributed by atoms with Crippen molar-refractivity contribution in [3.05, 3.63) is 42.1 Å². The van der Waals surface area contributed by atoms with Crippen LogP contribution in [-0.2, 0) is 7.05 Å². The molecule has 2 aromatic heterocycles. The maximum Gasteiger partial charge on any atom is 0.194 e. The molecule has 24 heavy (non-hydrogen) atoms. The Morgan fingerprint density at radius 1 is 1.58 bits per heavy atom. The summed E-state index contributed by atoms with van der Waals surface area (Å²) in [6.07, 6.45) is 5.95. The Labute approximate surface area is 142 Å². The van der Waals surface area contributed by atoms with Crippen molar-refractivity contribution in [1.82, 2.24) is 20.0 Å². The Morgan fingerprint density at radius 3 is 3.12 bits per heavy atom. The second-order valence-electron chi connectivity index (χ2n) is 6.10. The molecule has 2 aromatic rings. The van der Waals surface area contributed by atoms with Crippen molar-refractivity contribution < 1.29 is 9.52 Å². The molecule has 1 aliphatic rings. The van der Waals surface area contributed by atoms with Gasteiger partial charge >= 0.3 is 0 Å². The number of hydrogen-bond acceptors (Lipinski definition) is 4. The van der Waals surface area contributed by atoms with E-state index < -0.39 is 6.10 Å². The number of aryl methyl sites for hydroxylation is 1. The summed E-state index contributed by atoms with van der Waals surface area (Å²) in [5.74, 6) is 1.86. The van der Waals surface area contributed by atoms with E-state index in [0.29, 0.717) is 11.7 Å². The summed E-state index contributed by atoms with van der Waals surface area (Å²) in [5.41, 5.74) is 1.27. The van der Waals surface area contributed by atoms with Crippen LogP contribution in [0.2, 0.25) is 0 Å². The fourth-order valence-electron chi connectivity index (χ4n) is 3.05.